The van der Waals surface area contributed by atoms with E-state index in [0.717, 1.165) is 5.56 Å². The van der Waals surface area contributed by atoms with Gasteiger partial charge in [0.25, 0.3) is 0 Å². The molecule has 2 rings (SSSR count). The third-order valence-electron chi connectivity index (χ3n) is 3.40. The summed E-state index contributed by atoms with van der Waals surface area (Å²) in [5.74, 6) is 0. The van der Waals surface area contributed by atoms with Crippen molar-refractivity contribution in [1.29, 1.82) is 0 Å². The van der Waals surface area contributed by atoms with E-state index in [2.05, 4.69) is 10.1 Å². The Kier molecular flexibility index (Phi) is 5.81. The van der Waals surface area contributed by atoms with Crippen LogP contribution in [-0.4, -0.2) is 38.2 Å². The number of hydrogen-bond donors (Lipinski definition) is 1. The van der Waals surface area contributed by atoms with Crippen LogP contribution in [0.2, 0.25) is 10.0 Å². The molecule has 0 aliphatic rings. The average Bonchev–Trinajstić information content (AvgIpc) is 3.01. The van der Waals surface area contributed by atoms with Crippen LogP contribution in [0.5, 0.6) is 0 Å². The molecule has 2 aromatic rings. The maximum atomic E-state index is 10.8. The van der Waals surface area contributed by atoms with Gasteiger partial charge in [-0.1, -0.05) is 29.3 Å². The van der Waals surface area contributed by atoms with E-state index in [-0.39, 0.29) is 0 Å². The second-order valence-corrected chi connectivity index (χ2v) is 6.34. The van der Waals surface area contributed by atoms with Crippen molar-refractivity contribution in [2.24, 2.45) is 0 Å². The van der Waals surface area contributed by atoms with Crippen LogP contribution in [0.1, 0.15) is 26.3 Å². The lowest BCUT2D eigenvalue weighted by atomic mass is 9.97. The Labute approximate surface area is 145 Å². The van der Waals surface area contributed by atoms with E-state index in [1.807, 2.05) is 26.8 Å². The quantitative estimate of drug-likeness (QED) is 0.856. The molecule has 7 heteroatoms. The van der Waals surface area contributed by atoms with Gasteiger partial charge in [0.05, 0.1) is 21.3 Å². The van der Waals surface area contributed by atoms with E-state index in [9.17, 15) is 5.11 Å². The average molecular weight is 356 g/mol. The summed E-state index contributed by atoms with van der Waals surface area (Å²) in [6.45, 7) is 6.01. The van der Waals surface area contributed by atoms with E-state index < -0.39 is 11.7 Å². The first-order valence-electron chi connectivity index (χ1n) is 7.19. The van der Waals surface area contributed by atoms with Gasteiger partial charge in [0.1, 0.15) is 18.8 Å². The Morgan fingerprint density at radius 3 is 2.70 bits per heavy atom. The zero-order chi connectivity index (χ0) is 17.0. The van der Waals surface area contributed by atoms with Crippen LogP contribution in [0.3, 0.4) is 0 Å². The lowest BCUT2D eigenvalue weighted by Gasteiger charge is -2.31. The molecule has 0 fully saturated rings. The molecule has 0 saturated carbocycles. The Hall–Kier alpha value is -1.40. The third-order valence-corrected chi connectivity index (χ3v) is 4.14. The highest BCUT2D eigenvalue weighted by Gasteiger charge is 2.32. The number of rotatable bonds is 6. The van der Waals surface area contributed by atoms with Crippen LogP contribution >= 0.6 is 23.2 Å². The summed E-state index contributed by atoms with van der Waals surface area (Å²) >= 11 is 12.0. The molecule has 1 N–H and O–H groups in total. The Morgan fingerprint density at radius 1 is 1.39 bits per heavy atom. The van der Waals surface area contributed by atoms with Crippen LogP contribution in [0.25, 0.3) is 11.8 Å². The molecule has 1 aromatic carbocycles. The predicted molar refractivity (Wildman–Crippen MR) is 92.4 cm³/mol. The van der Waals surface area contributed by atoms with E-state index in [1.165, 1.54) is 17.3 Å². The first-order valence-corrected chi connectivity index (χ1v) is 7.94. The molecule has 0 saturated heterocycles. The second-order valence-electron chi connectivity index (χ2n) is 5.52. The lowest BCUT2D eigenvalue weighted by molar-refractivity contribution is -0.0753. The van der Waals surface area contributed by atoms with Gasteiger partial charge in [-0.3, -0.25) is 0 Å². The molecule has 0 aliphatic carbocycles. The zero-order valence-electron chi connectivity index (χ0n) is 13.2. The minimum absolute atomic E-state index is 0.442. The molecule has 0 amide bonds. The smallest absolute Gasteiger partial charge is 0.138 e. The molecular weight excluding hydrogens is 337 g/mol. The van der Waals surface area contributed by atoms with Gasteiger partial charge in [-0.05, 0) is 44.5 Å². The number of aliphatic hydroxyl groups excluding tert-OH is 1. The van der Waals surface area contributed by atoms with Gasteiger partial charge in [0.2, 0.25) is 0 Å². The SMILES string of the molecule is CCOC(C)(C)C(O)C(=Cc1ccc(Cl)c(Cl)c1)n1cncn1. The number of aromatic nitrogens is 3. The zero-order valence-corrected chi connectivity index (χ0v) is 14.7. The summed E-state index contributed by atoms with van der Waals surface area (Å²) in [6, 6.07) is 5.24. The molecule has 23 heavy (non-hydrogen) atoms. The van der Waals surface area contributed by atoms with E-state index >= 15 is 0 Å². The van der Waals surface area contributed by atoms with Crippen molar-refractivity contribution in [3.63, 3.8) is 0 Å². The Morgan fingerprint density at radius 2 is 2.13 bits per heavy atom. The van der Waals surface area contributed by atoms with Crippen LogP contribution in [0, 0.1) is 0 Å². The fourth-order valence-corrected chi connectivity index (χ4v) is 2.50. The normalized spacial score (nSPS) is 14.1. The lowest BCUT2D eigenvalue weighted by Crippen LogP contribution is -2.41. The number of ether oxygens (including phenoxy) is 1. The molecule has 0 spiro atoms. The van der Waals surface area contributed by atoms with E-state index in [0.29, 0.717) is 22.3 Å². The third kappa shape index (κ3) is 4.32. The van der Waals surface area contributed by atoms with Crippen molar-refractivity contribution in [3.8, 4) is 0 Å². The summed E-state index contributed by atoms with van der Waals surface area (Å²) < 4.78 is 7.16. The molecule has 1 atom stereocenters. The van der Waals surface area contributed by atoms with Crippen molar-refractivity contribution in [3.05, 3.63) is 46.5 Å². The van der Waals surface area contributed by atoms with Crippen LogP contribution in [-0.2, 0) is 4.74 Å². The molecule has 124 valence electrons. The van der Waals surface area contributed by atoms with Crippen molar-refractivity contribution in [2.75, 3.05) is 6.61 Å². The molecule has 0 radical (unpaired) electrons. The highest BCUT2D eigenvalue weighted by molar-refractivity contribution is 6.42. The molecule has 1 heterocycles. The van der Waals surface area contributed by atoms with Gasteiger partial charge in [-0.15, -0.1) is 0 Å². The van der Waals surface area contributed by atoms with E-state index in [4.69, 9.17) is 27.9 Å². The molecule has 0 aliphatic heterocycles. The largest absolute Gasteiger partial charge is 0.384 e. The van der Waals surface area contributed by atoms with Gasteiger partial charge in [0.15, 0.2) is 0 Å². The number of hydrogen-bond acceptors (Lipinski definition) is 4. The van der Waals surface area contributed by atoms with Gasteiger partial charge >= 0.3 is 0 Å². The van der Waals surface area contributed by atoms with Gasteiger partial charge in [-0.2, -0.15) is 5.10 Å². The topological polar surface area (TPSA) is 60.2 Å². The Balaban J connectivity index is 2.46. The number of benzene rings is 1. The molecule has 5 nitrogen and oxygen atoms in total. The minimum atomic E-state index is -0.918. The maximum absolute atomic E-state index is 10.8. The predicted octanol–water partition coefficient (Wildman–Crippen LogP) is 3.76. The number of aliphatic hydroxyl groups is 1. The van der Waals surface area contributed by atoms with Gasteiger partial charge < -0.3 is 9.84 Å². The van der Waals surface area contributed by atoms with Gasteiger partial charge in [0, 0.05) is 6.61 Å². The van der Waals surface area contributed by atoms with Gasteiger partial charge in [-0.25, -0.2) is 9.67 Å². The molecule has 0 bridgehead atoms. The van der Waals surface area contributed by atoms with Crippen molar-refractivity contribution >= 4 is 35.0 Å². The van der Waals surface area contributed by atoms with Crippen LogP contribution in [0.15, 0.2) is 30.9 Å². The molecule has 1 aromatic heterocycles. The fourth-order valence-electron chi connectivity index (χ4n) is 2.19. The molecular formula is C16H19Cl2N3O2. The second kappa shape index (κ2) is 7.45. The first kappa shape index (κ1) is 17.9. The summed E-state index contributed by atoms with van der Waals surface area (Å²) in [7, 11) is 0. The monoisotopic (exact) mass is 355 g/mol. The van der Waals surface area contributed by atoms with Crippen LogP contribution < -0.4 is 0 Å². The van der Waals surface area contributed by atoms with Crippen molar-refractivity contribution < 1.29 is 9.84 Å². The first-order chi connectivity index (χ1) is 10.8. The summed E-state index contributed by atoms with van der Waals surface area (Å²) in [5, 5.41) is 15.8. The highest BCUT2D eigenvalue weighted by Crippen LogP contribution is 2.28. The standard InChI is InChI=1S/C16H19Cl2N3O2/c1-4-23-16(2,3)15(22)14(21-10-19-9-20-21)8-11-5-6-12(17)13(18)7-11/h5-10,15,22H,4H2,1-3H3. The summed E-state index contributed by atoms with van der Waals surface area (Å²) in [4.78, 5) is 3.94. The fraction of sp³-hybridized carbons (Fsp3) is 0.375. The minimum Gasteiger partial charge on any atom is -0.384 e. The number of nitrogens with zero attached hydrogens (tertiary/aromatic N) is 3. The molecule has 1 unspecified atom stereocenters. The van der Waals surface area contributed by atoms with Crippen molar-refractivity contribution in [2.45, 2.75) is 32.5 Å². The highest BCUT2D eigenvalue weighted by atomic mass is 35.5. The maximum Gasteiger partial charge on any atom is 0.138 e. The van der Waals surface area contributed by atoms with E-state index in [1.54, 1.807) is 18.2 Å². The van der Waals surface area contributed by atoms with Crippen molar-refractivity contribution in [1.82, 2.24) is 14.8 Å². The Bertz CT molecular complexity index is 685. The summed E-state index contributed by atoms with van der Waals surface area (Å²) in [6.07, 6.45) is 3.79. The number of halogens is 2. The van der Waals surface area contributed by atoms with Crippen LogP contribution in [0.4, 0.5) is 0 Å². The summed E-state index contributed by atoms with van der Waals surface area (Å²) in [5.41, 5.74) is 0.526.